The fourth-order valence-electron chi connectivity index (χ4n) is 5.73. The first-order valence-electron chi connectivity index (χ1n) is 9.68. The molecule has 0 unspecified atom stereocenters. The Morgan fingerprint density at radius 3 is 2.32 bits per heavy atom. The van der Waals surface area contributed by atoms with Gasteiger partial charge in [-0.1, -0.05) is 0 Å². The van der Waals surface area contributed by atoms with E-state index in [4.69, 9.17) is 9.47 Å². The number of hydrogen-bond acceptors (Lipinski definition) is 6. The Hall–Kier alpha value is -2.64. The van der Waals surface area contributed by atoms with Crippen LogP contribution in [0.25, 0.3) is 0 Å². The van der Waals surface area contributed by atoms with Crippen LogP contribution in [0.1, 0.15) is 38.5 Å². The molecule has 1 amide bonds. The van der Waals surface area contributed by atoms with E-state index in [-0.39, 0.29) is 24.0 Å². The molecule has 1 aromatic rings. The number of hydrogen-bond donors (Lipinski definition) is 1. The quantitative estimate of drug-likeness (QED) is 0.455. The first-order valence-corrected chi connectivity index (χ1v) is 9.68. The topological polar surface area (TPSA) is 108 Å². The molecule has 28 heavy (non-hydrogen) atoms. The lowest BCUT2D eigenvalue weighted by atomic mass is 9.49. The standard InChI is InChI=1S/C20H24N2O6/c1-27-17-7-15(22(25)26)2-3-16(17)21-18(23)11-28-19(24)20-8-12-4-13(9-20)6-14(5-12)10-20/h2-3,7,12-14H,4-6,8-11H2,1H3,(H,21,23). The van der Waals surface area contributed by atoms with E-state index in [1.54, 1.807) is 0 Å². The van der Waals surface area contributed by atoms with Gasteiger partial charge in [-0.15, -0.1) is 0 Å². The highest BCUT2D eigenvalue weighted by Gasteiger charge is 2.55. The number of carbonyl (C=O) groups is 2. The first-order chi connectivity index (χ1) is 13.4. The maximum Gasteiger partial charge on any atom is 0.312 e. The van der Waals surface area contributed by atoms with Crippen LogP contribution in [-0.4, -0.2) is 30.5 Å². The summed E-state index contributed by atoms with van der Waals surface area (Å²) in [7, 11) is 1.36. The molecule has 8 heteroatoms. The molecule has 0 saturated heterocycles. The van der Waals surface area contributed by atoms with Crippen LogP contribution in [0.4, 0.5) is 11.4 Å². The van der Waals surface area contributed by atoms with Gasteiger partial charge in [-0.3, -0.25) is 19.7 Å². The molecule has 4 fully saturated rings. The van der Waals surface area contributed by atoms with Gasteiger partial charge in [0.05, 0.1) is 29.2 Å². The summed E-state index contributed by atoms with van der Waals surface area (Å²) in [5.74, 6) is 1.29. The smallest absolute Gasteiger partial charge is 0.312 e. The summed E-state index contributed by atoms with van der Waals surface area (Å²) in [6.45, 7) is -0.374. The van der Waals surface area contributed by atoms with E-state index in [9.17, 15) is 19.7 Å². The van der Waals surface area contributed by atoms with Crippen molar-refractivity contribution in [1.82, 2.24) is 0 Å². The van der Waals surface area contributed by atoms with Gasteiger partial charge in [0.15, 0.2) is 6.61 Å². The molecule has 0 heterocycles. The molecule has 0 spiro atoms. The van der Waals surface area contributed by atoms with Crippen molar-refractivity contribution in [1.29, 1.82) is 0 Å². The maximum atomic E-state index is 12.8. The Bertz CT molecular complexity index is 786. The third kappa shape index (κ3) is 3.43. The summed E-state index contributed by atoms with van der Waals surface area (Å²) in [6, 6.07) is 3.91. The SMILES string of the molecule is COc1cc([N+](=O)[O-])ccc1NC(=O)COC(=O)C12CC3CC(CC(C3)C1)C2. The molecular formula is C20H24N2O6. The minimum Gasteiger partial charge on any atom is -0.494 e. The second-order valence-corrected chi connectivity index (χ2v) is 8.46. The zero-order valence-corrected chi connectivity index (χ0v) is 15.8. The molecule has 4 bridgehead atoms. The lowest BCUT2D eigenvalue weighted by Gasteiger charge is -2.55. The fraction of sp³-hybridized carbons (Fsp3) is 0.600. The van der Waals surface area contributed by atoms with Crippen LogP contribution in [0.2, 0.25) is 0 Å². The Labute approximate surface area is 162 Å². The number of nitrogens with zero attached hydrogens (tertiary/aromatic N) is 1. The second-order valence-electron chi connectivity index (χ2n) is 8.46. The minimum atomic E-state index is -0.540. The monoisotopic (exact) mass is 388 g/mol. The van der Waals surface area contributed by atoms with Gasteiger partial charge in [0.1, 0.15) is 5.75 Å². The summed E-state index contributed by atoms with van der Waals surface area (Å²) in [4.78, 5) is 35.4. The second kappa shape index (κ2) is 7.07. The zero-order valence-electron chi connectivity index (χ0n) is 15.8. The number of amides is 1. The number of methoxy groups -OCH3 is 1. The molecule has 4 saturated carbocycles. The van der Waals surface area contributed by atoms with E-state index >= 15 is 0 Å². The molecule has 150 valence electrons. The average Bonchev–Trinajstić information content (AvgIpc) is 2.65. The van der Waals surface area contributed by atoms with Gasteiger partial charge in [0.25, 0.3) is 11.6 Å². The van der Waals surface area contributed by atoms with Crippen molar-refractivity contribution in [2.24, 2.45) is 23.2 Å². The number of non-ortho nitro benzene ring substituents is 1. The van der Waals surface area contributed by atoms with Gasteiger partial charge in [-0.2, -0.15) is 0 Å². The van der Waals surface area contributed by atoms with Gasteiger partial charge in [-0.05, 0) is 62.3 Å². The number of nitro groups is 1. The third-order valence-corrected chi connectivity index (χ3v) is 6.48. The van der Waals surface area contributed by atoms with Crippen molar-refractivity contribution in [3.63, 3.8) is 0 Å². The molecule has 0 atom stereocenters. The summed E-state index contributed by atoms with van der Waals surface area (Å²) in [5.41, 5.74) is -0.243. The average molecular weight is 388 g/mol. The summed E-state index contributed by atoms with van der Waals surface area (Å²) >= 11 is 0. The highest BCUT2D eigenvalue weighted by atomic mass is 16.6. The predicted octanol–water partition coefficient (Wildman–Crippen LogP) is 3.30. The van der Waals surface area contributed by atoms with E-state index in [0.717, 1.165) is 19.3 Å². The van der Waals surface area contributed by atoms with Gasteiger partial charge in [0.2, 0.25) is 0 Å². The number of carbonyl (C=O) groups excluding carboxylic acids is 2. The van der Waals surface area contributed by atoms with Crippen molar-refractivity contribution >= 4 is 23.3 Å². The number of benzene rings is 1. The number of esters is 1. The van der Waals surface area contributed by atoms with Gasteiger partial charge in [-0.25, -0.2) is 0 Å². The molecule has 8 nitrogen and oxygen atoms in total. The molecule has 1 N–H and O–H groups in total. The van der Waals surface area contributed by atoms with E-state index in [0.29, 0.717) is 23.4 Å². The Morgan fingerprint density at radius 1 is 1.18 bits per heavy atom. The van der Waals surface area contributed by atoms with E-state index < -0.39 is 16.2 Å². The maximum absolute atomic E-state index is 12.8. The Kier molecular flexibility index (Phi) is 4.72. The van der Waals surface area contributed by atoms with Crippen molar-refractivity contribution in [3.05, 3.63) is 28.3 Å². The van der Waals surface area contributed by atoms with Crippen LogP contribution >= 0.6 is 0 Å². The summed E-state index contributed by atoms with van der Waals surface area (Å²) < 4.78 is 10.5. The van der Waals surface area contributed by atoms with Crippen LogP contribution in [0.5, 0.6) is 5.75 Å². The first kappa shape index (κ1) is 18.7. The van der Waals surface area contributed by atoms with Crippen molar-refractivity contribution in [3.8, 4) is 5.75 Å². The fourth-order valence-corrected chi connectivity index (χ4v) is 5.73. The lowest BCUT2D eigenvalue weighted by molar-refractivity contribution is -0.384. The normalized spacial score (nSPS) is 30.0. The largest absolute Gasteiger partial charge is 0.494 e. The van der Waals surface area contributed by atoms with Crippen LogP contribution in [0.3, 0.4) is 0 Å². The molecule has 4 aliphatic rings. The predicted molar refractivity (Wildman–Crippen MR) is 99.8 cm³/mol. The number of rotatable bonds is 6. The van der Waals surface area contributed by atoms with Crippen LogP contribution in [-0.2, 0) is 14.3 Å². The number of anilines is 1. The molecule has 5 rings (SSSR count). The minimum absolute atomic E-state index is 0.136. The van der Waals surface area contributed by atoms with E-state index in [2.05, 4.69) is 5.32 Å². The van der Waals surface area contributed by atoms with Crippen LogP contribution in [0, 0.1) is 33.3 Å². The Morgan fingerprint density at radius 2 is 1.79 bits per heavy atom. The molecule has 0 aromatic heterocycles. The van der Waals surface area contributed by atoms with Crippen LogP contribution < -0.4 is 10.1 Å². The third-order valence-electron chi connectivity index (χ3n) is 6.48. The zero-order chi connectivity index (χ0) is 19.9. The molecular weight excluding hydrogens is 364 g/mol. The van der Waals surface area contributed by atoms with Gasteiger partial charge < -0.3 is 14.8 Å². The van der Waals surface area contributed by atoms with E-state index in [1.165, 1.54) is 44.6 Å². The highest BCUT2D eigenvalue weighted by Crippen LogP contribution is 2.60. The number of nitrogens with one attached hydrogen (secondary N) is 1. The lowest BCUT2D eigenvalue weighted by Crippen LogP contribution is -2.50. The van der Waals surface area contributed by atoms with Gasteiger partial charge >= 0.3 is 5.97 Å². The van der Waals surface area contributed by atoms with E-state index in [1.807, 2.05) is 0 Å². The molecule has 1 aromatic carbocycles. The highest BCUT2D eigenvalue weighted by molar-refractivity contribution is 5.94. The van der Waals surface area contributed by atoms with Crippen LogP contribution in [0.15, 0.2) is 18.2 Å². The van der Waals surface area contributed by atoms with Crippen molar-refractivity contribution in [2.75, 3.05) is 19.0 Å². The van der Waals surface area contributed by atoms with Crippen molar-refractivity contribution < 1.29 is 24.0 Å². The number of nitro benzene ring substituents is 1. The van der Waals surface area contributed by atoms with Crippen molar-refractivity contribution in [2.45, 2.75) is 38.5 Å². The summed E-state index contributed by atoms with van der Waals surface area (Å²) in [5, 5.41) is 13.4. The Balaban J connectivity index is 1.36. The molecule has 0 aliphatic heterocycles. The summed E-state index contributed by atoms with van der Waals surface area (Å²) in [6.07, 6.45) is 6.34. The number of ether oxygens (including phenoxy) is 2. The molecule has 0 radical (unpaired) electrons. The van der Waals surface area contributed by atoms with Gasteiger partial charge in [0, 0.05) is 6.07 Å². The molecule has 4 aliphatic carbocycles.